The van der Waals surface area contributed by atoms with E-state index < -0.39 is 9.84 Å². The molecule has 0 fully saturated rings. The number of nitrogens with one attached hydrogen (secondary N) is 1. The smallest absolute Gasteiger partial charge is 0.175 e. The van der Waals surface area contributed by atoms with E-state index in [1.54, 1.807) is 24.3 Å². The zero-order chi connectivity index (χ0) is 14.5. The molecule has 1 aromatic carbocycles. The number of sulfone groups is 1. The van der Waals surface area contributed by atoms with E-state index in [2.05, 4.69) is 25.2 Å². The van der Waals surface area contributed by atoms with E-state index in [4.69, 9.17) is 5.26 Å². The summed E-state index contributed by atoms with van der Waals surface area (Å²) < 4.78 is 22.7. The standard InChI is InChI=1S/C14H20N2O2S/c1-14(2,9-4-10-15)11-16-12-5-7-13(8-6-12)19(3,17)18/h5-8,16H,4,9,11H2,1-3H3. The van der Waals surface area contributed by atoms with Crippen LogP contribution in [0.15, 0.2) is 29.2 Å². The van der Waals surface area contributed by atoms with Gasteiger partial charge in [0.2, 0.25) is 0 Å². The molecular formula is C14H20N2O2S. The monoisotopic (exact) mass is 280 g/mol. The Kier molecular flexibility index (Phi) is 4.96. The summed E-state index contributed by atoms with van der Waals surface area (Å²) in [7, 11) is -3.14. The summed E-state index contributed by atoms with van der Waals surface area (Å²) in [6, 6.07) is 8.87. The van der Waals surface area contributed by atoms with Crippen LogP contribution in [0.2, 0.25) is 0 Å². The lowest BCUT2D eigenvalue weighted by atomic mass is 9.88. The van der Waals surface area contributed by atoms with Crippen LogP contribution < -0.4 is 5.32 Å². The number of anilines is 1. The Bertz CT molecular complexity index is 554. The molecule has 1 rings (SSSR count). The lowest BCUT2D eigenvalue weighted by Gasteiger charge is -2.24. The van der Waals surface area contributed by atoms with Crippen LogP contribution in [-0.4, -0.2) is 21.2 Å². The average molecular weight is 280 g/mol. The summed E-state index contributed by atoms with van der Waals surface area (Å²) in [5.41, 5.74) is 0.919. The predicted octanol–water partition coefficient (Wildman–Crippen LogP) is 2.83. The van der Waals surface area contributed by atoms with Gasteiger partial charge in [-0.3, -0.25) is 0 Å². The molecule has 1 N–H and O–H groups in total. The first-order valence-corrected chi connectivity index (χ1v) is 8.05. The van der Waals surface area contributed by atoms with Gasteiger partial charge in [-0.25, -0.2) is 8.42 Å². The van der Waals surface area contributed by atoms with Crippen molar-refractivity contribution in [3.05, 3.63) is 24.3 Å². The Morgan fingerprint density at radius 1 is 1.26 bits per heavy atom. The first kappa shape index (κ1) is 15.5. The minimum Gasteiger partial charge on any atom is -0.385 e. The number of hydrogen-bond acceptors (Lipinski definition) is 4. The van der Waals surface area contributed by atoms with Crippen LogP contribution in [0.1, 0.15) is 26.7 Å². The van der Waals surface area contributed by atoms with E-state index in [-0.39, 0.29) is 5.41 Å². The molecule has 0 unspecified atom stereocenters. The second kappa shape index (κ2) is 6.07. The minimum atomic E-state index is -3.14. The summed E-state index contributed by atoms with van der Waals surface area (Å²) in [6.45, 7) is 4.94. The second-order valence-electron chi connectivity index (χ2n) is 5.47. The van der Waals surface area contributed by atoms with Crippen molar-refractivity contribution in [2.45, 2.75) is 31.6 Å². The van der Waals surface area contributed by atoms with Gasteiger partial charge in [0, 0.05) is 24.9 Å². The summed E-state index contributed by atoms with van der Waals surface area (Å²) in [5, 5.41) is 11.9. The van der Waals surface area contributed by atoms with Gasteiger partial charge in [0.15, 0.2) is 9.84 Å². The normalized spacial score (nSPS) is 11.9. The lowest BCUT2D eigenvalue weighted by molar-refractivity contribution is 0.364. The van der Waals surface area contributed by atoms with Crippen molar-refractivity contribution in [3.8, 4) is 6.07 Å². The molecule has 0 bridgehead atoms. The fraction of sp³-hybridized carbons (Fsp3) is 0.500. The van der Waals surface area contributed by atoms with Crippen LogP contribution in [-0.2, 0) is 9.84 Å². The van der Waals surface area contributed by atoms with Crippen molar-refractivity contribution in [2.24, 2.45) is 5.41 Å². The number of benzene rings is 1. The third-order valence-electron chi connectivity index (χ3n) is 2.97. The molecule has 0 aromatic heterocycles. The number of nitrogens with zero attached hydrogens (tertiary/aromatic N) is 1. The maximum atomic E-state index is 11.3. The first-order valence-electron chi connectivity index (χ1n) is 6.15. The van der Waals surface area contributed by atoms with Gasteiger partial charge in [0.25, 0.3) is 0 Å². The highest BCUT2D eigenvalue weighted by Crippen LogP contribution is 2.23. The minimum absolute atomic E-state index is 0.0330. The van der Waals surface area contributed by atoms with E-state index in [9.17, 15) is 8.42 Å². The first-order chi connectivity index (χ1) is 8.74. The molecule has 0 saturated heterocycles. The molecule has 19 heavy (non-hydrogen) atoms. The van der Waals surface area contributed by atoms with Crippen LogP contribution in [0, 0.1) is 16.7 Å². The number of rotatable bonds is 6. The van der Waals surface area contributed by atoms with Gasteiger partial charge in [-0.15, -0.1) is 0 Å². The number of nitriles is 1. The van der Waals surface area contributed by atoms with E-state index in [0.29, 0.717) is 11.3 Å². The summed E-state index contributed by atoms with van der Waals surface area (Å²) in [6.07, 6.45) is 2.57. The molecule has 104 valence electrons. The van der Waals surface area contributed by atoms with Gasteiger partial charge in [-0.2, -0.15) is 5.26 Å². The molecule has 0 atom stereocenters. The van der Waals surface area contributed by atoms with Crippen molar-refractivity contribution in [1.82, 2.24) is 0 Å². The zero-order valence-corrected chi connectivity index (χ0v) is 12.4. The molecule has 0 aliphatic heterocycles. The molecule has 0 saturated carbocycles. The van der Waals surface area contributed by atoms with Crippen LogP contribution in [0.5, 0.6) is 0 Å². The fourth-order valence-corrected chi connectivity index (χ4v) is 2.27. The molecule has 0 radical (unpaired) electrons. The highest BCUT2D eigenvalue weighted by molar-refractivity contribution is 7.90. The molecule has 0 aliphatic carbocycles. The van der Waals surface area contributed by atoms with Gasteiger partial charge in [0.05, 0.1) is 11.0 Å². The van der Waals surface area contributed by atoms with Crippen molar-refractivity contribution < 1.29 is 8.42 Å². The maximum Gasteiger partial charge on any atom is 0.175 e. The quantitative estimate of drug-likeness (QED) is 0.870. The lowest BCUT2D eigenvalue weighted by Crippen LogP contribution is -2.22. The summed E-state index contributed by atoms with van der Waals surface area (Å²) in [4.78, 5) is 0.321. The van der Waals surface area contributed by atoms with E-state index >= 15 is 0 Å². The Labute approximate surface area is 115 Å². The fourth-order valence-electron chi connectivity index (χ4n) is 1.64. The number of hydrogen-bond donors (Lipinski definition) is 1. The Morgan fingerprint density at radius 2 is 1.84 bits per heavy atom. The molecule has 4 nitrogen and oxygen atoms in total. The highest BCUT2D eigenvalue weighted by atomic mass is 32.2. The Morgan fingerprint density at radius 3 is 2.32 bits per heavy atom. The SMILES string of the molecule is CC(C)(CCC#N)CNc1ccc(S(C)(=O)=O)cc1. The predicted molar refractivity (Wildman–Crippen MR) is 76.7 cm³/mol. The zero-order valence-electron chi connectivity index (χ0n) is 11.6. The third-order valence-corrected chi connectivity index (χ3v) is 4.10. The van der Waals surface area contributed by atoms with Gasteiger partial charge in [-0.05, 0) is 36.1 Å². The van der Waals surface area contributed by atoms with E-state index in [1.165, 1.54) is 6.26 Å². The van der Waals surface area contributed by atoms with Crippen molar-refractivity contribution in [1.29, 1.82) is 5.26 Å². The van der Waals surface area contributed by atoms with Gasteiger partial charge in [-0.1, -0.05) is 13.8 Å². The van der Waals surface area contributed by atoms with Crippen LogP contribution in [0.3, 0.4) is 0 Å². The third kappa shape index (κ3) is 5.31. The molecule has 1 aromatic rings. The molecule has 0 amide bonds. The van der Waals surface area contributed by atoms with Gasteiger partial charge >= 0.3 is 0 Å². The molecule has 0 heterocycles. The van der Waals surface area contributed by atoms with Crippen molar-refractivity contribution >= 4 is 15.5 Å². The van der Waals surface area contributed by atoms with E-state index in [0.717, 1.165) is 18.7 Å². The molecular weight excluding hydrogens is 260 g/mol. The Hall–Kier alpha value is -1.54. The Balaban J connectivity index is 2.62. The van der Waals surface area contributed by atoms with Crippen LogP contribution in [0.4, 0.5) is 5.69 Å². The average Bonchev–Trinajstić information content (AvgIpc) is 2.34. The van der Waals surface area contributed by atoms with Crippen LogP contribution >= 0.6 is 0 Å². The molecule has 0 spiro atoms. The highest BCUT2D eigenvalue weighted by Gasteiger charge is 2.17. The molecule has 0 aliphatic rings. The summed E-state index contributed by atoms with van der Waals surface area (Å²) >= 11 is 0. The van der Waals surface area contributed by atoms with Gasteiger partial charge < -0.3 is 5.32 Å². The van der Waals surface area contributed by atoms with Gasteiger partial charge in [0.1, 0.15) is 0 Å². The van der Waals surface area contributed by atoms with E-state index in [1.807, 2.05) is 0 Å². The van der Waals surface area contributed by atoms with Crippen molar-refractivity contribution in [2.75, 3.05) is 18.1 Å². The largest absolute Gasteiger partial charge is 0.385 e. The van der Waals surface area contributed by atoms with Crippen LogP contribution in [0.25, 0.3) is 0 Å². The van der Waals surface area contributed by atoms with Crippen molar-refractivity contribution in [3.63, 3.8) is 0 Å². The molecule has 5 heteroatoms. The summed E-state index contributed by atoms with van der Waals surface area (Å²) in [5.74, 6) is 0. The second-order valence-corrected chi connectivity index (χ2v) is 7.49. The maximum absolute atomic E-state index is 11.3. The topological polar surface area (TPSA) is 70.0 Å².